The molecule has 0 aliphatic rings. The van der Waals surface area contributed by atoms with Gasteiger partial charge >= 0.3 is 0 Å². The number of halogens is 2. The van der Waals surface area contributed by atoms with Gasteiger partial charge in [-0.15, -0.1) is 0 Å². The molecule has 1 aromatic rings. The van der Waals surface area contributed by atoms with E-state index in [-0.39, 0.29) is 18.5 Å². The van der Waals surface area contributed by atoms with Crippen LogP contribution in [0.25, 0.3) is 0 Å². The molecule has 0 bridgehead atoms. The molecule has 0 aliphatic carbocycles. The van der Waals surface area contributed by atoms with Crippen molar-refractivity contribution in [3.63, 3.8) is 0 Å². The highest BCUT2D eigenvalue weighted by molar-refractivity contribution is 9.10. The second kappa shape index (κ2) is 8.08. The summed E-state index contributed by atoms with van der Waals surface area (Å²) in [6.45, 7) is 0.794. The maximum absolute atomic E-state index is 13.3. The van der Waals surface area contributed by atoms with Gasteiger partial charge in [-0.25, -0.2) is 4.39 Å². The van der Waals surface area contributed by atoms with Crippen LogP contribution in [0.1, 0.15) is 12.0 Å². The highest BCUT2D eigenvalue weighted by Gasteiger charge is 2.07. The van der Waals surface area contributed by atoms with E-state index in [1.165, 1.54) is 6.07 Å². The average molecular weight is 322 g/mol. The van der Waals surface area contributed by atoms with Crippen LogP contribution >= 0.6 is 27.7 Å². The van der Waals surface area contributed by atoms with Crippen molar-refractivity contribution in [1.29, 1.82) is 0 Å². The molecule has 1 aromatic carbocycles. The standard InChI is InChI=1S/C12H17BrFNOS/c1-17-8-10(4-5-16)15-7-9-2-3-11(13)12(14)6-9/h2-3,6,10,15-16H,4-5,7-8H2,1H3. The van der Waals surface area contributed by atoms with Crippen molar-refractivity contribution in [2.75, 3.05) is 18.6 Å². The van der Waals surface area contributed by atoms with E-state index in [1.54, 1.807) is 17.8 Å². The van der Waals surface area contributed by atoms with Crippen LogP contribution in [0.3, 0.4) is 0 Å². The van der Waals surface area contributed by atoms with Gasteiger partial charge < -0.3 is 10.4 Å². The Bertz CT molecular complexity index is 345. The molecule has 0 saturated heterocycles. The minimum absolute atomic E-state index is 0.174. The van der Waals surface area contributed by atoms with Gasteiger partial charge in [0.05, 0.1) is 4.47 Å². The maximum atomic E-state index is 13.3. The molecule has 0 heterocycles. The predicted octanol–water partition coefficient (Wildman–Crippen LogP) is 2.79. The van der Waals surface area contributed by atoms with Gasteiger partial charge in [0, 0.05) is 24.9 Å². The van der Waals surface area contributed by atoms with Gasteiger partial charge in [0.25, 0.3) is 0 Å². The maximum Gasteiger partial charge on any atom is 0.137 e. The molecule has 1 unspecified atom stereocenters. The number of aliphatic hydroxyl groups excluding tert-OH is 1. The molecule has 1 atom stereocenters. The predicted molar refractivity (Wildman–Crippen MR) is 74.8 cm³/mol. The van der Waals surface area contributed by atoms with E-state index in [0.29, 0.717) is 11.0 Å². The van der Waals surface area contributed by atoms with Crippen molar-refractivity contribution in [2.24, 2.45) is 0 Å². The molecular weight excluding hydrogens is 305 g/mol. The Morgan fingerprint density at radius 2 is 2.29 bits per heavy atom. The number of hydrogen-bond donors (Lipinski definition) is 2. The Morgan fingerprint density at radius 1 is 1.53 bits per heavy atom. The number of benzene rings is 1. The Morgan fingerprint density at radius 3 is 2.88 bits per heavy atom. The molecule has 5 heteroatoms. The molecule has 2 N–H and O–H groups in total. The number of nitrogens with one attached hydrogen (secondary N) is 1. The Balaban J connectivity index is 2.49. The topological polar surface area (TPSA) is 32.3 Å². The van der Waals surface area contributed by atoms with E-state index < -0.39 is 0 Å². The summed E-state index contributed by atoms with van der Waals surface area (Å²) in [5.74, 6) is 0.701. The van der Waals surface area contributed by atoms with Crippen LogP contribution in [0.2, 0.25) is 0 Å². The van der Waals surface area contributed by atoms with Crippen LogP contribution in [0.4, 0.5) is 4.39 Å². The van der Waals surface area contributed by atoms with E-state index in [9.17, 15) is 4.39 Å². The lowest BCUT2D eigenvalue weighted by Gasteiger charge is -2.16. The van der Waals surface area contributed by atoms with Crippen LogP contribution in [-0.4, -0.2) is 29.8 Å². The average Bonchev–Trinajstić information content (AvgIpc) is 2.31. The quantitative estimate of drug-likeness (QED) is 0.810. The SMILES string of the molecule is CSCC(CCO)NCc1ccc(Br)c(F)c1. The van der Waals surface area contributed by atoms with E-state index in [1.807, 2.05) is 12.3 Å². The lowest BCUT2D eigenvalue weighted by Crippen LogP contribution is -2.31. The molecule has 1 rings (SSSR count). The molecule has 0 aromatic heterocycles. The molecule has 96 valence electrons. The third-order valence-electron chi connectivity index (χ3n) is 2.42. The zero-order valence-corrected chi connectivity index (χ0v) is 12.2. The van der Waals surface area contributed by atoms with Crippen LogP contribution in [0.5, 0.6) is 0 Å². The van der Waals surface area contributed by atoms with E-state index in [4.69, 9.17) is 5.11 Å². The summed E-state index contributed by atoms with van der Waals surface area (Å²) in [6, 6.07) is 5.38. The van der Waals surface area contributed by atoms with Gasteiger partial charge in [0.1, 0.15) is 5.82 Å². The minimum Gasteiger partial charge on any atom is -0.396 e. The first kappa shape index (κ1) is 15.0. The molecule has 17 heavy (non-hydrogen) atoms. The van der Waals surface area contributed by atoms with Crippen molar-refractivity contribution in [3.05, 3.63) is 34.1 Å². The fourth-order valence-corrected chi connectivity index (χ4v) is 2.45. The summed E-state index contributed by atoms with van der Waals surface area (Å²) < 4.78 is 13.8. The first-order valence-corrected chi connectivity index (χ1v) is 7.63. The second-order valence-electron chi connectivity index (χ2n) is 3.79. The Hall–Kier alpha value is -0.100. The summed E-state index contributed by atoms with van der Waals surface area (Å²) in [5.41, 5.74) is 0.912. The number of aliphatic hydroxyl groups is 1. The van der Waals surface area contributed by atoms with E-state index in [0.717, 1.165) is 17.7 Å². The molecule has 0 saturated carbocycles. The van der Waals surface area contributed by atoms with Gasteiger partial charge in [-0.05, 0) is 46.3 Å². The Kier molecular flexibility index (Phi) is 7.11. The van der Waals surface area contributed by atoms with Crippen LogP contribution in [-0.2, 0) is 6.54 Å². The summed E-state index contributed by atoms with van der Waals surface area (Å²) in [4.78, 5) is 0. The molecule has 2 nitrogen and oxygen atoms in total. The monoisotopic (exact) mass is 321 g/mol. The fourth-order valence-electron chi connectivity index (χ4n) is 1.51. The van der Waals surface area contributed by atoms with Crippen molar-refractivity contribution in [1.82, 2.24) is 5.32 Å². The summed E-state index contributed by atoms with van der Waals surface area (Å²) in [7, 11) is 0. The fraction of sp³-hybridized carbons (Fsp3) is 0.500. The van der Waals surface area contributed by atoms with Crippen molar-refractivity contribution in [2.45, 2.75) is 19.0 Å². The number of hydrogen-bond acceptors (Lipinski definition) is 3. The van der Waals surface area contributed by atoms with Gasteiger partial charge in [0.2, 0.25) is 0 Å². The largest absolute Gasteiger partial charge is 0.396 e. The van der Waals surface area contributed by atoms with Crippen molar-refractivity contribution in [3.8, 4) is 0 Å². The van der Waals surface area contributed by atoms with E-state index in [2.05, 4.69) is 21.2 Å². The zero-order chi connectivity index (χ0) is 12.7. The first-order chi connectivity index (χ1) is 8.17. The van der Waals surface area contributed by atoms with Gasteiger partial charge in [-0.2, -0.15) is 11.8 Å². The second-order valence-corrected chi connectivity index (χ2v) is 5.56. The highest BCUT2D eigenvalue weighted by Crippen LogP contribution is 2.16. The summed E-state index contributed by atoms with van der Waals surface area (Å²) in [5, 5.41) is 12.2. The Labute approximate surface area is 114 Å². The normalized spacial score (nSPS) is 12.7. The number of rotatable bonds is 7. The first-order valence-electron chi connectivity index (χ1n) is 5.44. The zero-order valence-electron chi connectivity index (χ0n) is 9.75. The van der Waals surface area contributed by atoms with Gasteiger partial charge in [-0.3, -0.25) is 0 Å². The molecule has 0 fully saturated rings. The third-order valence-corrected chi connectivity index (χ3v) is 3.80. The highest BCUT2D eigenvalue weighted by atomic mass is 79.9. The van der Waals surface area contributed by atoms with Crippen LogP contribution in [0.15, 0.2) is 22.7 Å². The minimum atomic E-state index is -0.243. The summed E-state index contributed by atoms with van der Waals surface area (Å²) in [6.07, 6.45) is 2.76. The van der Waals surface area contributed by atoms with Gasteiger partial charge in [0.15, 0.2) is 0 Å². The molecule has 0 spiro atoms. The molecule has 0 aliphatic heterocycles. The van der Waals surface area contributed by atoms with Gasteiger partial charge in [-0.1, -0.05) is 6.07 Å². The number of thioether (sulfide) groups is 1. The van der Waals surface area contributed by atoms with Crippen molar-refractivity contribution < 1.29 is 9.50 Å². The third kappa shape index (κ3) is 5.38. The van der Waals surface area contributed by atoms with Crippen LogP contribution < -0.4 is 5.32 Å². The molecular formula is C12H17BrFNOS. The molecule has 0 radical (unpaired) electrons. The smallest absolute Gasteiger partial charge is 0.137 e. The van der Waals surface area contributed by atoms with E-state index >= 15 is 0 Å². The lowest BCUT2D eigenvalue weighted by molar-refractivity contribution is 0.269. The van der Waals surface area contributed by atoms with Crippen LogP contribution in [0, 0.1) is 5.82 Å². The summed E-state index contributed by atoms with van der Waals surface area (Å²) >= 11 is 4.86. The lowest BCUT2D eigenvalue weighted by atomic mass is 10.2. The van der Waals surface area contributed by atoms with Crippen molar-refractivity contribution >= 4 is 27.7 Å². The molecule has 0 amide bonds.